The fraction of sp³-hybridized carbons (Fsp3) is 0.579. The van der Waals surface area contributed by atoms with E-state index in [1.165, 1.54) is 55.7 Å². The monoisotopic (exact) mass is 302 g/mol. The Bertz CT molecular complexity index is 477. The fourth-order valence-corrected chi connectivity index (χ4v) is 3.56. The van der Waals surface area contributed by atoms with Crippen molar-refractivity contribution in [2.75, 3.05) is 26.2 Å². The minimum atomic E-state index is -0.370. The average molecular weight is 302 g/mol. The molecule has 0 amide bonds. The number of nitrogens with one attached hydrogen (secondary N) is 1. The van der Waals surface area contributed by atoms with Crippen LogP contribution in [0.1, 0.15) is 43.6 Å². The molecule has 0 saturated carbocycles. The lowest BCUT2D eigenvalue weighted by molar-refractivity contribution is -0.908. The van der Waals surface area contributed by atoms with Crippen LogP contribution in [-0.2, 0) is 0 Å². The van der Waals surface area contributed by atoms with Gasteiger partial charge in [0.2, 0.25) is 0 Å². The van der Waals surface area contributed by atoms with Gasteiger partial charge in [0.1, 0.15) is 25.0 Å². The van der Waals surface area contributed by atoms with Crippen molar-refractivity contribution in [2.45, 2.75) is 44.1 Å². The maximum Gasteiger partial charge on any atom is 0.137 e. The Morgan fingerprint density at radius 3 is 2.59 bits per heavy atom. The normalized spacial score (nSPS) is 23.6. The summed E-state index contributed by atoms with van der Waals surface area (Å²) in [4.78, 5) is 1.52. The Morgan fingerprint density at radius 1 is 1.14 bits per heavy atom. The highest BCUT2D eigenvalue weighted by atomic mass is 16.5. The van der Waals surface area contributed by atoms with Gasteiger partial charge in [0.05, 0.1) is 13.1 Å². The van der Waals surface area contributed by atoms with E-state index in [-0.39, 0.29) is 6.10 Å². The highest BCUT2D eigenvalue weighted by Gasteiger charge is 2.18. The van der Waals surface area contributed by atoms with Gasteiger partial charge in [-0.15, -0.1) is 0 Å². The van der Waals surface area contributed by atoms with Gasteiger partial charge >= 0.3 is 0 Å². The average Bonchev–Trinajstić information content (AvgIpc) is 3.09. The van der Waals surface area contributed by atoms with Crippen molar-refractivity contribution >= 4 is 0 Å². The molecule has 2 aliphatic rings. The van der Waals surface area contributed by atoms with Crippen molar-refractivity contribution in [2.24, 2.45) is 0 Å². The maximum absolute atomic E-state index is 10.1. The molecular formula is C19H28NO2+. The van der Waals surface area contributed by atoms with E-state index < -0.39 is 0 Å². The summed E-state index contributed by atoms with van der Waals surface area (Å²) in [6.45, 7) is 3.60. The molecule has 1 fully saturated rings. The van der Waals surface area contributed by atoms with Gasteiger partial charge in [-0.1, -0.05) is 24.3 Å². The molecule has 0 aromatic heterocycles. The topological polar surface area (TPSA) is 33.9 Å². The van der Waals surface area contributed by atoms with E-state index >= 15 is 0 Å². The largest absolute Gasteiger partial charge is 0.491 e. The van der Waals surface area contributed by atoms with Gasteiger partial charge in [-0.05, 0) is 49.8 Å². The fourth-order valence-electron chi connectivity index (χ4n) is 3.56. The molecule has 0 bridgehead atoms. The first-order valence-corrected chi connectivity index (χ1v) is 8.72. The molecule has 1 aliphatic carbocycles. The Hall–Kier alpha value is -1.32. The first kappa shape index (κ1) is 15.6. The van der Waals surface area contributed by atoms with Gasteiger partial charge in [0.15, 0.2) is 0 Å². The van der Waals surface area contributed by atoms with Crippen molar-refractivity contribution < 1.29 is 14.7 Å². The molecule has 1 aromatic carbocycles. The quantitative estimate of drug-likeness (QED) is 0.787. The molecule has 3 nitrogen and oxygen atoms in total. The van der Waals surface area contributed by atoms with E-state index in [0.29, 0.717) is 12.5 Å². The molecular weight excluding hydrogens is 274 g/mol. The molecule has 0 unspecified atom stereocenters. The summed E-state index contributed by atoms with van der Waals surface area (Å²) < 4.78 is 5.75. The third-order valence-corrected chi connectivity index (χ3v) is 4.85. The second-order valence-corrected chi connectivity index (χ2v) is 6.66. The molecule has 120 valence electrons. The van der Waals surface area contributed by atoms with Crippen LogP contribution in [0.15, 0.2) is 36.4 Å². The summed E-state index contributed by atoms with van der Waals surface area (Å²) in [5.41, 5.74) is 1.36. The van der Waals surface area contributed by atoms with Crippen molar-refractivity contribution in [3.63, 3.8) is 0 Å². The SMILES string of the molecule is O[C@@H](COc1ccc([C@H]2C=CCC2)cc1)C[NH+]1CCCCC1. The van der Waals surface area contributed by atoms with E-state index in [1.807, 2.05) is 12.1 Å². The molecule has 0 spiro atoms. The Labute approximate surface area is 133 Å². The summed E-state index contributed by atoms with van der Waals surface area (Å²) >= 11 is 0. The molecule has 3 rings (SSSR count). The highest BCUT2D eigenvalue weighted by molar-refractivity contribution is 5.32. The van der Waals surface area contributed by atoms with Crippen molar-refractivity contribution in [1.29, 1.82) is 0 Å². The van der Waals surface area contributed by atoms with Gasteiger partial charge in [-0.25, -0.2) is 0 Å². The van der Waals surface area contributed by atoms with Crippen molar-refractivity contribution in [3.8, 4) is 5.75 Å². The third kappa shape index (κ3) is 4.34. The van der Waals surface area contributed by atoms with Crippen molar-refractivity contribution in [1.82, 2.24) is 0 Å². The number of ether oxygens (including phenoxy) is 1. The summed E-state index contributed by atoms with van der Waals surface area (Å²) in [6.07, 6.45) is 10.5. The Morgan fingerprint density at radius 2 is 1.91 bits per heavy atom. The molecule has 0 radical (unpaired) electrons. The number of rotatable bonds is 6. The van der Waals surface area contributed by atoms with Crippen LogP contribution in [0, 0.1) is 0 Å². The van der Waals surface area contributed by atoms with E-state index in [0.717, 1.165) is 12.3 Å². The number of piperidine rings is 1. The molecule has 1 aliphatic heterocycles. The lowest BCUT2D eigenvalue weighted by atomic mass is 9.99. The summed E-state index contributed by atoms with van der Waals surface area (Å²) in [7, 11) is 0. The van der Waals surface area contributed by atoms with Crippen LogP contribution in [0.5, 0.6) is 5.75 Å². The second kappa shape index (κ2) is 7.80. The van der Waals surface area contributed by atoms with Crippen LogP contribution in [0.4, 0.5) is 0 Å². The second-order valence-electron chi connectivity index (χ2n) is 6.66. The zero-order valence-corrected chi connectivity index (χ0v) is 13.3. The number of likely N-dealkylation sites (tertiary alicyclic amines) is 1. The van der Waals surface area contributed by atoms with Gasteiger partial charge in [0, 0.05) is 5.92 Å². The van der Waals surface area contributed by atoms with Crippen LogP contribution in [-0.4, -0.2) is 37.5 Å². The van der Waals surface area contributed by atoms with Gasteiger partial charge in [0.25, 0.3) is 0 Å². The number of allylic oxidation sites excluding steroid dienone is 2. The predicted molar refractivity (Wildman–Crippen MR) is 88.5 cm³/mol. The van der Waals surface area contributed by atoms with Crippen LogP contribution in [0.2, 0.25) is 0 Å². The number of benzene rings is 1. The maximum atomic E-state index is 10.1. The van der Waals surface area contributed by atoms with E-state index in [9.17, 15) is 5.11 Å². The molecule has 3 heteroatoms. The third-order valence-electron chi connectivity index (χ3n) is 4.85. The number of hydrogen-bond donors (Lipinski definition) is 2. The lowest BCUT2D eigenvalue weighted by Crippen LogP contribution is -3.14. The molecule has 22 heavy (non-hydrogen) atoms. The summed E-state index contributed by atoms with van der Waals surface area (Å²) in [5, 5.41) is 10.1. The summed E-state index contributed by atoms with van der Waals surface area (Å²) in [5.74, 6) is 1.43. The van der Waals surface area contributed by atoms with Crippen LogP contribution in [0.3, 0.4) is 0 Å². The standard InChI is InChI=1S/C19H27NO2/c21-18(14-20-12-4-1-5-13-20)15-22-19-10-8-17(9-11-19)16-6-2-3-7-16/h2,6,8-11,16,18,21H,1,3-5,7,12-15H2/p+1/t16-,18+/m0/s1. The van der Waals surface area contributed by atoms with Crippen LogP contribution < -0.4 is 9.64 Å². The molecule has 1 heterocycles. The minimum Gasteiger partial charge on any atom is -0.491 e. The van der Waals surface area contributed by atoms with E-state index in [1.54, 1.807) is 0 Å². The number of hydrogen-bond acceptors (Lipinski definition) is 2. The number of quaternary nitrogens is 1. The zero-order valence-electron chi connectivity index (χ0n) is 13.3. The van der Waals surface area contributed by atoms with Crippen LogP contribution >= 0.6 is 0 Å². The van der Waals surface area contributed by atoms with Gasteiger partial charge < -0.3 is 14.7 Å². The molecule has 1 aromatic rings. The zero-order chi connectivity index (χ0) is 15.2. The number of aliphatic hydroxyl groups is 1. The molecule has 1 saturated heterocycles. The first-order valence-electron chi connectivity index (χ1n) is 8.72. The Balaban J connectivity index is 1.43. The van der Waals surface area contributed by atoms with Crippen LogP contribution in [0.25, 0.3) is 0 Å². The predicted octanol–water partition coefficient (Wildman–Crippen LogP) is 1.93. The molecule has 2 N–H and O–H groups in total. The summed E-state index contributed by atoms with van der Waals surface area (Å²) in [6, 6.07) is 8.36. The minimum absolute atomic E-state index is 0.370. The van der Waals surface area contributed by atoms with Gasteiger partial charge in [-0.2, -0.15) is 0 Å². The first-order chi connectivity index (χ1) is 10.8. The smallest absolute Gasteiger partial charge is 0.137 e. The molecule has 2 atom stereocenters. The lowest BCUT2D eigenvalue weighted by Gasteiger charge is -2.25. The Kier molecular flexibility index (Phi) is 5.52. The van der Waals surface area contributed by atoms with E-state index in [2.05, 4.69) is 24.3 Å². The van der Waals surface area contributed by atoms with E-state index in [4.69, 9.17) is 4.74 Å². The number of aliphatic hydroxyl groups excluding tert-OH is 1. The van der Waals surface area contributed by atoms with Crippen molar-refractivity contribution in [3.05, 3.63) is 42.0 Å². The van der Waals surface area contributed by atoms with Gasteiger partial charge in [-0.3, -0.25) is 0 Å². The highest BCUT2D eigenvalue weighted by Crippen LogP contribution is 2.29.